The lowest BCUT2D eigenvalue weighted by molar-refractivity contribution is 0.0950. The molecule has 0 fully saturated rings. The van der Waals surface area contributed by atoms with Crippen LogP contribution >= 0.6 is 11.3 Å². The van der Waals surface area contributed by atoms with E-state index in [0.717, 1.165) is 4.88 Å². The van der Waals surface area contributed by atoms with E-state index in [1.807, 2.05) is 23.6 Å². The summed E-state index contributed by atoms with van der Waals surface area (Å²) in [4.78, 5) is 16.7. The Morgan fingerprint density at radius 3 is 3.12 bits per heavy atom. The minimum Gasteiger partial charge on any atom is -0.347 e. The van der Waals surface area contributed by atoms with E-state index in [1.54, 1.807) is 11.3 Å². The Balaban J connectivity index is 2.08. The molecule has 2 heterocycles. The van der Waals surface area contributed by atoms with Crippen LogP contribution in [0, 0.1) is 11.3 Å². The molecule has 0 aliphatic heterocycles. The summed E-state index contributed by atoms with van der Waals surface area (Å²) in [6.45, 7) is 0.469. The molecule has 1 amide bonds. The third kappa shape index (κ3) is 2.68. The zero-order valence-electron chi connectivity index (χ0n) is 8.88. The van der Waals surface area contributed by atoms with Crippen molar-refractivity contribution in [2.75, 3.05) is 0 Å². The number of nitrogens with zero attached hydrogens (tertiary/aromatic N) is 2. The van der Waals surface area contributed by atoms with Gasteiger partial charge in [-0.2, -0.15) is 5.26 Å². The average Bonchev–Trinajstić information content (AvgIpc) is 2.89. The van der Waals surface area contributed by atoms with Gasteiger partial charge in [0.1, 0.15) is 6.07 Å². The van der Waals surface area contributed by atoms with Gasteiger partial charge in [-0.15, -0.1) is 11.3 Å². The van der Waals surface area contributed by atoms with Gasteiger partial charge in [0.2, 0.25) is 0 Å². The van der Waals surface area contributed by atoms with Crippen LogP contribution in [0.2, 0.25) is 0 Å². The van der Waals surface area contributed by atoms with E-state index in [2.05, 4.69) is 10.3 Å². The number of hydrogen-bond acceptors (Lipinski definition) is 4. The molecule has 0 atom stereocenters. The molecule has 0 saturated heterocycles. The molecule has 1 N–H and O–H groups in total. The molecule has 0 radical (unpaired) electrons. The summed E-state index contributed by atoms with van der Waals surface area (Å²) in [5, 5.41) is 13.6. The highest BCUT2D eigenvalue weighted by Gasteiger charge is 2.10. The predicted octanol–water partition coefficient (Wildman–Crippen LogP) is 1.94. The van der Waals surface area contributed by atoms with Crippen molar-refractivity contribution in [3.63, 3.8) is 0 Å². The second kappa shape index (κ2) is 5.23. The molecule has 0 aromatic carbocycles. The van der Waals surface area contributed by atoms with Crippen molar-refractivity contribution in [1.82, 2.24) is 10.3 Å². The van der Waals surface area contributed by atoms with Gasteiger partial charge in [-0.1, -0.05) is 6.07 Å². The fraction of sp³-hybridized carbons (Fsp3) is 0.0833. The number of nitrogens with one attached hydrogen (secondary N) is 1. The van der Waals surface area contributed by atoms with Crippen LogP contribution in [0.25, 0.3) is 0 Å². The molecule has 2 aromatic heterocycles. The van der Waals surface area contributed by atoms with Gasteiger partial charge in [0.25, 0.3) is 5.91 Å². The lowest BCUT2D eigenvalue weighted by atomic mass is 10.1. The van der Waals surface area contributed by atoms with Crippen LogP contribution in [0.15, 0.2) is 36.0 Å². The van der Waals surface area contributed by atoms with E-state index in [1.165, 1.54) is 18.5 Å². The molecule has 0 bridgehead atoms. The van der Waals surface area contributed by atoms with Crippen LogP contribution in [0.4, 0.5) is 0 Å². The van der Waals surface area contributed by atoms with Crippen LogP contribution < -0.4 is 5.32 Å². The Kier molecular flexibility index (Phi) is 3.48. The first-order chi connectivity index (χ1) is 8.31. The first kappa shape index (κ1) is 11.3. The summed E-state index contributed by atoms with van der Waals surface area (Å²) in [7, 11) is 0. The number of rotatable bonds is 3. The first-order valence-corrected chi connectivity index (χ1v) is 5.84. The molecule has 5 heteroatoms. The monoisotopic (exact) mass is 243 g/mol. The molecule has 17 heavy (non-hydrogen) atoms. The van der Waals surface area contributed by atoms with E-state index in [4.69, 9.17) is 5.26 Å². The highest BCUT2D eigenvalue weighted by molar-refractivity contribution is 7.09. The van der Waals surface area contributed by atoms with E-state index < -0.39 is 0 Å². The summed E-state index contributed by atoms with van der Waals surface area (Å²) >= 11 is 1.57. The van der Waals surface area contributed by atoms with Crippen molar-refractivity contribution in [3.8, 4) is 6.07 Å². The van der Waals surface area contributed by atoms with Gasteiger partial charge in [0.05, 0.1) is 17.7 Å². The minimum absolute atomic E-state index is 0.275. The molecule has 2 aromatic rings. The predicted molar refractivity (Wildman–Crippen MR) is 64.4 cm³/mol. The Bertz CT molecular complexity index is 557. The Labute approximate surface area is 103 Å². The van der Waals surface area contributed by atoms with Crippen molar-refractivity contribution in [3.05, 3.63) is 52.0 Å². The third-order valence-electron chi connectivity index (χ3n) is 2.19. The molecule has 0 spiro atoms. The van der Waals surface area contributed by atoms with Gasteiger partial charge in [-0.3, -0.25) is 9.78 Å². The van der Waals surface area contributed by atoms with Crippen LogP contribution in [-0.4, -0.2) is 10.9 Å². The van der Waals surface area contributed by atoms with Gasteiger partial charge in [-0.25, -0.2) is 0 Å². The second-order valence-electron chi connectivity index (χ2n) is 3.30. The molecular formula is C12H9N3OS. The van der Waals surface area contributed by atoms with Crippen molar-refractivity contribution < 1.29 is 4.79 Å². The molecule has 0 aliphatic carbocycles. The van der Waals surface area contributed by atoms with Crippen molar-refractivity contribution in [2.45, 2.75) is 6.54 Å². The number of carbonyl (C=O) groups excluding carboxylic acids is 1. The van der Waals surface area contributed by atoms with E-state index >= 15 is 0 Å². The second-order valence-corrected chi connectivity index (χ2v) is 4.33. The van der Waals surface area contributed by atoms with Gasteiger partial charge in [0.15, 0.2) is 0 Å². The molecule has 4 nitrogen and oxygen atoms in total. The topological polar surface area (TPSA) is 65.8 Å². The Morgan fingerprint density at radius 2 is 2.41 bits per heavy atom. The number of pyridine rings is 1. The molecular weight excluding hydrogens is 234 g/mol. The normalized spacial score (nSPS) is 9.59. The quantitative estimate of drug-likeness (QED) is 0.896. The first-order valence-electron chi connectivity index (χ1n) is 4.96. The lowest BCUT2D eigenvalue weighted by Gasteiger charge is -2.04. The van der Waals surface area contributed by atoms with Gasteiger partial charge < -0.3 is 5.32 Å². The summed E-state index contributed by atoms with van der Waals surface area (Å²) < 4.78 is 0. The van der Waals surface area contributed by atoms with E-state index in [-0.39, 0.29) is 5.91 Å². The SMILES string of the molecule is N#Cc1ccncc1C(=O)NCc1cccs1. The maximum absolute atomic E-state index is 11.8. The van der Waals surface area contributed by atoms with E-state index in [0.29, 0.717) is 17.7 Å². The maximum atomic E-state index is 11.8. The number of nitriles is 1. The van der Waals surface area contributed by atoms with Gasteiger partial charge in [0, 0.05) is 17.3 Å². The number of amides is 1. The van der Waals surface area contributed by atoms with Crippen LogP contribution in [0.1, 0.15) is 20.8 Å². The van der Waals surface area contributed by atoms with Crippen molar-refractivity contribution in [2.24, 2.45) is 0 Å². The Morgan fingerprint density at radius 1 is 1.53 bits per heavy atom. The van der Waals surface area contributed by atoms with Crippen LogP contribution in [0.5, 0.6) is 0 Å². The van der Waals surface area contributed by atoms with Gasteiger partial charge >= 0.3 is 0 Å². The molecule has 2 rings (SSSR count). The average molecular weight is 243 g/mol. The number of carbonyl (C=O) groups is 1. The summed E-state index contributed by atoms with van der Waals surface area (Å²) in [6, 6.07) is 7.37. The van der Waals surface area contributed by atoms with Crippen LogP contribution in [-0.2, 0) is 6.54 Å². The fourth-order valence-corrected chi connectivity index (χ4v) is 1.99. The molecule has 0 unspecified atom stereocenters. The summed E-state index contributed by atoms with van der Waals surface area (Å²) in [5.74, 6) is -0.275. The van der Waals surface area contributed by atoms with Crippen LogP contribution in [0.3, 0.4) is 0 Å². The fourth-order valence-electron chi connectivity index (χ4n) is 1.35. The zero-order valence-corrected chi connectivity index (χ0v) is 9.70. The number of thiophene rings is 1. The minimum atomic E-state index is -0.275. The third-order valence-corrected chi connectivity index (χ3v) is 3.07. The van der Waals surface area contributed by atoms with Crippen molar-refractivity contribution in [1.29, 1.82) is 5.26 Å². The largest absolute Gasteiger partial charge is 0.347 e. The smallest absolute Gasteiger partial charge is 0.254 e. The molecule has 0 saturated carbocycles. The maximum Gasteiger partial charge on any atom is 0.254 e. The van der Waals surface area contributed by atoms with Gasteiger partial charge in [-0.05, 0) is 17.5 Å². The highest BCUT2D eigenvalue weighted by Crippen LogP contribution is 2.09. The van der Waals surface area contributed by atoms with E-state index in [9.17, 15) is 4.79 Å². The lowest BCUT2D eigenvalue weighted by Crippen LogP contribution is -2.23. The Hall–Kier alpha value is -2.19. The number of aromatic nitrogens is 1. The zero-order chi connectivity index (χ0) is 12.1. The highest BCUT2D eigenvalue weighted by atomic mass is 32.1. The standard InChI is InChI=1S/C12H9N3OS/c13-6-9-3-4-14-8-11(9)12(16)15-7-10-2-1-5-17-10/h1-5,8H,7H2,(H,15,16). The summed E-state index contributed by atoms with van der Waals surface area (Å²) in [5.41, 5.74) is 0.648. The molecule has 0 aliphatic rings. The molecule has 84 valence electrons. The summed E-state index contributed by atoms with van der Waals surface area (Å²) in [6.07, 6.45) is 2.90. The number of hydrogen-bond donors (Lipinski definition) is 1. The van der Waals surface area contributed by atoms with Crippen molar-refractivity contribution >= 4 is 17.2 Å².